The van der Waals surface area contributed by atoms with E-state index in [9.17, 15) is 0 Å². The molecule has 0 saturated carbocycles. The van der Waals surface area contributed by atoms with Gasteiger partial charge in [-0.15, -0.1) is 6.42 Å². The molecular formula is C12H13NO6. The van der Waals surface area contributed by atoms with Crippen molar-refractivity contribution in [3.05, 3.63) is 29.8 Å². The van der Waals surface area contributed by atoms with Gasteiger partial charge in [-0.1, -0.05) is 24.1 Å². The molecule has 4 N–H and O–H groups in total. The van der Waals surface area contributed by atoms with Gasteiger partial charge in [0, 0.05) is 5.56 Å². The average Bonchev–Trinajstić information content (AvgIpc) is 2.41. The summed E-state index contributed by atoms with van der Waals surface area (Å²) in [6, 6.07) is 7.32. The first-order valence-corrected chi connectivity index (χ1v) is 4.88. The number of benzene rings is 1. The predicted molar refractivity (Wildman–Crippen MR) is 65.1 cm³/mol. The van der Waals surface area contributed by atoms with Gasteiger partial charge < -0.3 is 14.9 Å². The molecule has 0 fully saturated rings. The topological polar surface area (TPSA) is 119 Å². The molecule has 0 aromatic heterocycles. The summed E-state index contributed by atoms with van der Waals surface area (Å²) in [7, 11) is 1.57. The molecule has 1 unspecified atom stereocenters. The maximum atomic E-state index is 9.10. The van der Waals surface area contributed by atoms with Crippen molar-refractivity contribution in [2.24, 2.45) is 5.90 Å². The molecule has 0 aliphatic rings. The molecule has 0 bridgehead atoms. The number of para-hydroxylation sites is 1. The number of methoxy groups -OCH3 is 1. The normalized spacial score (nSPS) is 10.4. The second-order valence-corrected chi connectivity index (χ2v) is 3.04. The molecule has 1 aromatic rings. The Bertz CT molecular complexity index is 467. The molecule has 0 spiro atoms. The van der Waals surface area contributed by atoms with Gasteiger partial charge in [-0.05, 0) is 6.07 Å². The van der Waals surface area contributed by atoms with Crippen molar-refractivity contribution in [3.8, 4) is 18.1 Å². The van der Waals surface area contributed by atoms with E-state index in [2.05, 4.69) is 10.8 Å². The van der Waals surface area contributed by atoms with Crippen LogP contribution in [0.2, 0.25) is 0 Å². The summed E-state index contributed by atoms with van der Waals surface area (Å²) in [6.45, 7) is 0. The minimum absolute atomic E-state index is 0.559. The Hall–Kier alpha value is -2.56. The second-order valence-electron chi connectivity index (χ2n) is 3.04. The van der Waals surface area contributed by atoms with Crippen LogP contribution < -0.4 is 10.6 Å². The van der Waals surface area contributed by atoms with Crippen LogP contribution in [0.1, 0.15) is 11.7 Å². The summed E-state index contributed by atoms with van der Waals surface area (Å²) < 4.78 is 5.10. The largest absolute Gasteiger partial charge is 0.496 e. The van der Waals surface area contributed by atoms with Gasteiger partial charge in [0.25, 0.3) is 0 Å². The van der Waals surface area contributed by atoms with Gasteiger partial charge in [0.1, 0.15) is 5.75 Å². The Labute approximate surface area is 109 Å². The van der Waals surface area contributed by atoms with Crippen LogP contribution in [0.3, 0.4) is 0 Å². The van der Waals surface area contributed by atoms with Crippen LogP contribution in [0.5, 0.6) is 5.75 Å². The quantitative estimate of drug-likeness (QED) is 0.412. The van der Waals surface area contributed by atoms with Crippen LogP contribution in [-0.2, 0) is 14.4 Å². The number of hydrogen-bond donors (Lipinski definition) is 3. The third kappa shape index (κ3) is 5.54. The second kappa shape index (κ2) is 8.52. The van der Waals surface area contributed by atoms with Crippen molar-refractivity contribution >= 4 is 11.9 Å². The minimum atomic E-state index is -1.82. The van der Waals surface area contributed by atoms with Crippen molar-refractivity contribution in [2.45, 2.75) is 6.10 Å². The molecule has 102 valence electrons. The van der Waals surface area contributed by atoms with Crippen LogP contribution in [0, 0.1) is 12.3 Å². The standard InChI is InChI=1S/C10H11NO2.C2H2O4/c1-3-9(13-11)8-6-4-5-7-10(8)12-2;3-1(4)2(5)6/h1,4-7,9H,11H2,2H3;(H,3,4)(H,5,6). The Morgan fingerprint density at radius 2 is 1.84 bits per heavy atom. The molecule has 0 radical (unpaired) electrons. The third-order valence-corrected chi connectivity index (χ3v) is 1.89. The van der Waals surface area contributed by atoms with Crippen molar-refractivity contribution in [3.63, 3.8) is 0 Å². The van der Waals surface area contributed by atoms with Gasteiger partial charge in [-0.25, -0.2) is 15.5 Å². The van der Waals surface area contributed by atoms with Crippen LogP contribution >= 0.6 is 0 Å². The van der Waals surface area contributed by atoms with E-state index in [0.717, 1.165) is 5.56 Å². The first-order valence-electron chi connectivity index (χ1n) is 4.88. The Kier molecular flexibility index (Phi) is 7.37. The fraction of sp³-hybridized carbons (Fsp3) is 0.167. The zero-order valence-corrected chi connectivity index (χ0v) is 10.1. The SMILES string of the molecule is C#CC(ON)c1ccccc1OC.O=C(O)C(=O)O. The number of aliphatic carboxylic acids is 2. The van der Waals surface area contributed by atoms with Crippen LogP contribution in [0.25, 0.3) is 0 Å². The number of carboxylic acid groups (broad SMARTS) is 2. The highest BCUT2D eigenvalue weighted by atomic mass is 16.6. The zero-order chi connectivity index (χ0) is 14.8. The Morgan fingerprint density at radius 1 is 1.32 bits per heavy atom. The maximum Gasteiger partial charge on any atom is 0.414 e. The highest BCUT2D eigenvalue weighted by Gasteiger charge is 2.11. The highest BCUT2D eigenvalue weighted by molar-refractivity contribution is 6.27. The van der Waals surface area contributed by atoms with E-state index in [0.29, 0.717) is 5.75 Å². The lowest BCUT2D eigenvalue weighted by Gasteiger charge is -2.11. The van der Waals surface area contributed by atoms with Crippen molar-refractivity contribution in [1.29, 1.82) is 0 Å². The highest BCUT2D eigenvalue weighted by Crippen LogP contribution is 2.25. The van der Waals surface area contributed by atoms with E-state index in [-0.39, 0.29) is 0 Å². The number of terminal acetylenes is 1. The van der Waals surface area contributed by atoms with Gasteiger partial charge in [-0.2, -0.15) is 0 Å². The molecule has 0 aliphatic heterocycles. The molecular weight excluding hydrogens is 254 g/mol. The third-order valence-electron chi connectivity index (χ3n) is 1.89. The molecule has 19 heavy (non-hydrogen) atoms. The van der Waals surface area contributed by atoms with E-state index in [4.69, 9.17) is 36.9 Å². The van der Waals surface area contributed by atoms with Crippen LogP contribution in [-0.4, -0.2) is 29.3 Å². The molecule has 0 heterocycles. The summed E-state index contributed by atoms with van der Waals surface area (Å²) in [5.41, 5.74) is 0.759. The molecule has 7 heteroatoms. The Morgan fingerprint density at radius 3 is 2.21 bits per heavy atom. The van der Waals surface area contributed by atoms with Crippen molar-refractivity contribution in [1.82, 2.24) is 0 Å². The first-order chi connectivity index (χ1) is 8.97. The minimum Gasteiger partial charge on any atom is -0.496 e. The molecule has 1 aromatic carbocycles. The van der Waals surface area contributed by atoms with Crippen LogP contribution in [0.4, 0.5) is 0 Å². The molecule has 0 saturated heterocycles. The van der Waals surface area contributed by atoms with Gasteiger partial charge in [0.15, 0.2) is 6.10 Å². The maximum absolute atomic E-state index is 9.10. The fourth-order valence-corrected chi connectivity index (χ4v) is 1.09. The lowest BCUT2D eigenvalue weighted by molar-refractivity contribution is -0.159. The lowest BCUT2D eigenvalue weighted by Crippen LogP contribution is -2.09. The fourth-order valence-electron chi connectivity index (χ4n) is 1.09. The van der Waals surface area contributed by atoms with Crippen LogP contribution in [0.15, 0.2) is 24.3 Å². The smallest absolute Gasteiger partial charge is 0.414 e. The summed E-state index contributed by atoms with van der Waals surface area (Å²) >= 11 is 0. The predicted octanol–water partition coefficient (Wildman–Crippen LogP) is 0.415. The number of ether oxygens (including phenoxy) is 1. The number of rotatable bonds is 3. The summed E-state index contributed by atoms with van der Waals surface area (Å²) in [5.74, 6) is 4.48. The summed E-state index contributed by atoms with van der Waals surface area (Å²) in [4.78, 5) is 22.8. The van der Waals surface area contributed by atoms with E-state index in [1.54, 1.807) is 13.2 Å². The molecule has 7 nitrogen and oxygen atoms in total. The van der Waals surface area contributed by atoms with Gasteiger partial charge in [0.2, 0.25) is 0 Å². The van der Waals surface area contributed by atoms with Gasteiger partial charge >= 0.3 is 11.9 Å². The van der Waals surface area contributed by atoms with Gasteiger partial charge in [-0.3, -0.25) is 4.84 Å². The Balaban J connectivity index is 0.000000459. The number of carboxylic acids is 2. The molecule has 0 aliphatic carbocycles. The van der Waals surface area contributed by atoms with E-state index in [1.165, 1.54) is 0 Å². The molecule has 1 rings (SSSR count). The number of nitrogens with two attached hydrogens (primary N) is 1. The monoisotopic (exact) mass is 267 g/mol. The van der Waals surface area contributed by atoms with E-state index >= 15 is 0 Å². The van der Waals surface area contributed by atoms with Crippen molar-refractivity contribution in [2.75, 3.05) is 7.11 Å². The summed E-state index contributed by atoms with van der Waals surface area (Å²) in [5, 5.41) is 14.8. The molecule has 0 amide bonds. The van der Waals surface area contributed by atoms with E-state index < -0.39 is 18.0 Å². The summed E-state index contributed by atoms with van der Waals surface area (Å²) in [6.07, 6.45) is 4.67. The average molecular weight is 267 g/mol. The zero-order valence-electron chi connectivity index (χ0n) is 10.1. The number of hydrogen-bond acceptors (Lipinski definition) is 5. The number of carbonyl (C=O) groups is 2. The first kappa shape index (κ1) is 16.4. The van der Waals surface area contributed by atoms with Crippen molar-refractivity contribution < 1.29 is 29.4 Å². The lowest BCUT2D eigenvalue weighted by atomic mass is 10.1. The molecule has 1 atom stereocenters. The van der Waals surface area contributed by atoms with Gasteiger partial charge in [0.05, 0.1) is 7.11 Å². The van der Waals surface area contributed by atoms with E-state index in [1.807, 2.05) is 18.2 Å².